The molecule has 2 heterocycles. The molecule has 0 amide bonds. The third kappa shape index (κ3) is 4.64. The number of piperidine rings is 1. The Bertz CT molecular complexity index is 497. The van der Waals surface area contributed by atoms with E-state index in [9.17, 15) is 5.11 Å². The van der Waals surface area contributed by atoms with Gasteiger partial charge in [-0.2, -0.15) is 0 Å². The second-order valence-corrected chi connectivity index (χ2v) is 6.84. The van der Waals surface area contributed by atoms with Crippen LogP contribution in [0.15, 0.2) is 36.4 Å². The van der Waals surface area contributed by atoms with Crippen LogP contribution in [-0.2, 0) is 0 Å². The zero-order valence-electron chi connectivity index (χ0n) is 14.1. The highest BCUT2D eigenvalue weighted by molar-refractivity contribution is 5.48. The molecule has 2 aliphatic heterocycles. The summed E-state index contributed by atoms with van der Waals surface area (Å²) in [7, 11) is 2.18. The van der Waals surface area contributed by atoms with Gasteiger partial charge in [-0.1, -0.05) is 42.5 Å². The minimum Gasteiger partial charge on any atom is -0.390 e. The molecule has 0 bridgehead atoms. The summed E-state index contributed by atoms with van der Waals surface area (Å²) in [6.07, 6.45) is 5.22. The lowest BCUT2D eigenvalue weighted by Crippen LogP contribution is -2.58. The number of likely N-dealkylation sites (N-methyl/N-ethyl adjacent to an activating group) is 1. The first-order valence-corrected chi connectivity index (χ1v) is 8.77. The molecule has 4 heteroatoms. The van der Waals surface area contributed by atoms with E-state index < -0.39 is 0 Å². The molecule has 0 spiro atoms. The highest BCUT2D eigenvalue weighted by Gasteiger charge is 2.32. The Kier molecular flexibility index (Phi) is 5.84. The maximum absolute atomic E-state index is 10.6. The minimum atomic E-state index is -0.225. The first-order chi connectivity index (χ1) is 11.2. The van der Waals surface area contributed by atoms with Gasteiger partial charge in [0.15, 0.2) is 0 Å². The smallest absolute Gasteiger partial charge is 0.0822 e. The second-order valence-electron chi connectivity index (χ2n) is 6.84. The van der Waals surface area contributed by atoms with E-state index >= 15 is 0 Å². The van der Waals surface area contributed by atoms with Crippen LogP contribution >= 0.6 is 0 Å². The summed E-state index contributed by atoms with van der Waals surface area (Å²) >= 11 is 0. The minimum absolute atomic E-state index is 0.225. The summed E-state index contributed by atoms with van der Waals surface area (Å²) in [6.45, 7) is 7.20. The Morgan fingerprint density at radius 1 is 1.09 bits per heavy atom. The van der Waals surface area contributed by atoms with Crippen LogP contribution in [0.3, 0.4) is 0 Å². The molecule has 1 aromatic rings. The number of piperazine rings is 1. The second kappa shape index (κ2) is 8.06. The first-order valence-electron chi connectivity index (χ1n) is 8.77. The summed E-state index contributed by atoms with van der Waals surface area (Å²) in [4.78, 5) is 7.21. The predicted octanol–water partition coefficient (Wildman–Crippen LogP) is 1.38. The van der Waals surface area contributed by atoms with Crippen molar-refractivity contribution in [1.29, 1.82) is 0 Å². The van der Waals surface area contributed by atoms with Gasteiger partial charge in [-0.05, 0) is 19.0 Å². The molecule has 1 N–H and O–H groups in total. The van der Waals surface area contributed by atoms with E-state index in [-0.39, 0.29) is 6.10 Å². The van der Waals surface area contributed by atoms with Gasteiger partial charge in [0, 0.05) is 51.9 Å². The average Bonchev–Trinajstić information content (AvgIpc) is 2.57. The number of hydrogen-bond donors (Lipinski definition) is 1. The molecule has 1 aromatic carbocycles. The topological polar surface area (TPSA) is 30.0 Å². The van der Waals surface area contributed by atoms with Crippen molar-refractivity contribution >= 4 is 6.08 Å². The molecule has 4 nitrogen and oxygen atoms in total. The van der Waals surface area contributed by atoms with E-state index in [2.05, 4.69) is 58.2 Å². The number of hydrogen-bond acceptors (Lipinski definition) is 4. The number of benzene rings is 1. The molecule has 2 atom stereocenters. The predicted molar refractivity (Wildman–Crippen MR) is 95.4 cm³/mol. The standard InChI is InChI=1S/C19H29N3O/c1-20-12-14-22(15-13-20)18-9-11-21(16-19(18)23)10-5-8-17-6-3-2-4-7-17/h2-8,18-19,23H,9-16H2,1H3/b8-5+/t18-,19-/m1/s1. The van der Waals surface area contributed by atoms with E-state index in [0.717, 1.165) is 52.2 Å². The van der Waals surface area contributed by atoms with Crippen molar-refractivity contribution in [3.05, 3.63) is 42.0 Å². The number of aliphatic hydroxyl groups excluding tert-OH is 1. The van der Waals surface area contributed by atoms with Crippen LogP contribution in [0, 0.1) is 0 Å². The van der Waals surface area contributed by atoms with Crippen LogP contribution in [0.1, 0.15) is 12.0 Å². The van der Waals surface area contributed by atoms with Crippen molar-refractivity contribution in [1.82, 2.24) is 14.7 Å². The highest BCUT2D eigenvalue weighted by atomic mass is 16.3. The Hall–Kier alpha value is -1.20. The molecule has 0 aromatic heterocycles. The van der Waals surface area contributed by atoms with Crippen LogP contribution in [0.25, 0.3) is 6.08 Å². The van der Waals surface area contributed by atoms with Gasteiger partial charge in [0.1, 0.15) is 0 Å². The van der Waals surface area contributed by atoms with Crippen LogP contribution in [0.4, 0.5) is 0 Å². The summed E-state index contributed by atoms with van der Waals surface area (Å²) in [5, 5.41) is 10.6. The maximum Gasteiger partial charge on any atom is 0.0822 e. The van der Waals surface area contributed by atoms with Gasteiger partial charge in [-0.25, -0.2) is 0 Å². The van der Waals surface area contributed by atoms with Crippen molar-refractivity contribution < 1.29 is 5.11 Å². The zero-order valence-corrected chi connectivity index (χ0v) is 14.1. The Morgan fingerprint density at radius 2 is 1.83 bits per heavy atom. The maximum atomic E-state index is 10.6. The SMILES string of the molecule is CN1CCN([C@@H]2CCN(C/C=C/c3ccccc3)C[C@H]2O)CC1. The van der Waals surface area contributed by atoms with E-state index in [0.29, 0.717) is 6.04 Å². The monoisotopic (exact) mass is 315 g/mol. The van der Waals surface area contributed by atoms with Crippen molar-refractivity contribution in [3.63, 3.8) is 0 Å². The number of nitrogens with zero attached hydrogens (tertiary/aromatic N) is 3. The zero-order chi connectivity index (χ0) is 16.1. The fraction of sp³-hybridized carbons (Fsp3) is 0.579. The molecule has 2 aliphatic rings. The lowest BCUT2D eigenvalue weighted by atomic mass is 9.99. The molecule has 0 saturated carbocycles. The van der Waals surface area contributed by atoms with Gasteiger partial charge in [0.05, 0.1) is 6.10 Å². The molecule has 2 fully saturated rings. The molecule has 2 saturated heterocycles. The van der Waals surface area contributed by atoms with Gasteiger partial charge < -0.3 is 10.0 Å². The van der Waals surface area contributed by atoms with Crippen LogP contribution in [0.2, 0.25) is 0 Å². The summed E-state index contributed by atoms with van der Waals surface area (Å²) < 4.78 is 0. The van der Waals surface area contributed by atoms with Crippen molar-refractivity contribution in [2.45, 2.75) is 18.6 Å². The molecule has 126 valence electrons. The van der Waals surface area contributed by atoms with Crippen molar-refractivity contribution in [2.75, 3.05) is 52.9 Å². The molecule has 0 unspecified atom stereocenters. The summed E-state index contributed by atoms with van der Waals surface area (Å²) in [6, 6.07) is 10.7. The molecule has 0 aliphatic carbocycles. The normalized spacial score (nSPS) is 28.4. The number of aliphatic hydroxyl groups is 1. The molecule has 3 rings (SSSR count). The van der Waals surface area contributed by atoms with E-state index in [1.165, 1.54) is 5.56 Å². The van der Waals surface area contributed by atoms with Crippen LogP contribution in [-0.4, -0.2) is 84.8 Å². The van der Waals surface area contributed by atoms with Crippen LogP contribution in [0.5, 0.6) is 0 Å². The average molecular weight is 315 g/mol. The lowest BCUT2D eigenvalue weighted by Gasteiger charge is -2.44. The van der Waals surface area contributed by atoms with Gasteiger partial charge in [0.2, 0.25) is 0 Å². The van der Waals surface area contributed by atoms with Gasteiger partial charge in [-0.15, -0.1) is 0 Å². The Morgan fingerprint density at radius 3 is 2.52 bits per heavy atom. The van der Waals surface area contributed by atoms with Gasteiger partial charge in [-0.3, -0.25) is 9.80 Å². The highest BCUT2D eigenvalue weighted by Crippen LogP contribution is 2.18. The number of rotatable bonds is 4. The molecular weight excluding hydrogens is 286 g/mol. The van der Waals surface area contributed by atoms with Crippen molar-refractivity contribution in [2.24, 2.45) is 0 Å². The molecule has 0 radical (unpaired) electrons. The number of likely N-dealkylation sites (tertiary alicyclic amines) is 1. The van der Waals surface area contributed by atoms with Gasteiger partial charge >= 0.3 is 0 Å². The largest absolute Gasteiger partial charge is 0.390 e. The number of β-amino-alcohol motifs (C(OH)–C–C–N with tert-alkyl or cyclic N) is 1. The lowest BCUT2D eigenvalue weighted by molar-refractivity contribution is -0.0239. The van der Waals surface area contributed by atoms with Crippen molar-refractivity contribution in [3.8, 4) is 0 Å². The Labute approximate surface area is 140 Å². The van der Waals surface area contributed by atoms with E-state index in [1.54, 1.807) is 0 Å². The van der Waals surface area contributed by atoms with E-state index in [4.69, 9.17) is 0 Å². The molecule has 23 heavy (non-hydrogen) atoms. The summed E-state index contributed by atoms with van der Waals surface area (Å²) in [5.74, 6) is 0. The van der Waals surface area contributed by atoms with Crippen LogP contribution < -0.4 is 0 Å². The molecular formula is C19H29N3O. The third-order valence-electron chi connectivity index (χ3n) is 5.11. The third-order valence-corrected chi connectivity index (χ3v) is 5.11. The fourth-order valence-corrected chi connectivity index (χ4v) is 3.63. The summed E-state index contributed by atoms with van der Waals surface area (Å²) in [5.41, 5.74) is 1.24. The quantitative estimate of drug-likeness (QED) is 0.909. The Balaban J connectivity index is 1.46. The fourth-order valence-electron chi connectivity index (χ4n) is 3.63. The first kappa shape index (κ1) is 16.7. The van der Waals surface area contributed by atoms with Gasteiger partial charge in [0.25, 0.3) is 0 Å². The van der Waals surface area contributed by atoms with E-state index in [1.807, 2.05) is 6.07 Å².